The lowest BCUT2D eigenvalue weighted by Gasteiger charge is -2.34. The zero-order chi connectivity index (χ0) is 31.6. The van der Waals surface area contributed by atoms with Crippen molar-refractivity contribution in [2.24, 2.45) is 0 Å². The minimum Gasteiger partial charge on any atom is -0.309 e. The number of anilines is 3. The zero-order valence-corrected chi connectivity index (χ0v) is 26.2. The molecule has 0 aliphatic carbocycles. The van der Waals surface area contributed by atoms with E-state index in [9.17, 15) is 0 Å². The normalized spacial score (nSPS) is 12.1. The van der Waals surface area contributed by atoms with Crippen LogP contribution in [0.15, 0.2) is 182 Å². The fourth-order valence-corrected chi connectivity index (χ4v) is 7.86. The van der Waals surface area contributed by atoms with E-state index in [0.29, 0.717) is 0 Å². The summed E-state index contributed by atoms with van der Waals surface area (Å²) in [5, 5.41) is 5.05. The third-order valence-electron chi connectivity index (χ3n) is 9.90. The third-order valence-corrected chi connectivity index (χ3v) is 9.90. The molecule has 1 aliphatic heterocycles. The first-order valence-corrected chi connectivity index (χ1v) is 16.5. The predicted molar refractivity (Wildman–Crippen MR) is 203 cm³/mol. The van der Waals surface area contributed by atoms with Gasteiger partial charge in [-0.3, -0.25) is 0 Å². The van der Waals surface area contributed by atoms with E-state index < -0.39 is 0 Å². The van der Waals surface area contributed by atoms with Crippen molar-refractivity contribution in [3.63, 3.8) is 0 Å². The van der Waals surface area contributed by atoms with Gasteiger partial charge in [0.15, 0.2) is 0 Å². The largest absolute Gasteiger partial charge is 0.309 e. The Kier molecular flexibility index (Phi) is 5.91. The Labute approximate surface area is 279 Å². The first kappa shape index (κ1) is 26.8. The molecule has 9 aromatic rings. The van der Waals surface area contributed by atoms with Gasteiger partial charge in [0.05, 0.1) is 22.4 Å². The minimum absolute atomic E-state index is 1.15. The minimum atomic E-state index is 1.15. The van der Waals surface area contributed by atoms with E-state index >= 15 is 0 Å². The molecule has 0 atom stereocenters. The van der Waals surface area contributed by atoms with Crippen LogP contribution in [0.1, 0.15) is 0 Å². The number of aromatic nitrogens is 1. The van der Waals surface area contributed by atoms with Gasteiger partial charge in [-0.1, -0.05) is 140 Å². The molecule has 2 nitrogen and oxygen atoms in total. The quantitative estimate of drug-likeness (QED) is 0.192. The summed E-state index contributed by atoms with van der Waals surface area (Å²) in [4.78, 5) is 2.50. The molecule has 0 N–H and O–H groups in total. The molecule has 1 aromatic heterocycles. The average Bonchev–Trinajstić information content (AvgIpc) is 3.51. The molecule has 0 radical (unpaired) electrons. The maximum Gasteiger partial charge on any atom is 0.0640 e. The van der Waals surface area contributed by atoms with Gasteiger partial charge in [0.2, 0.25) is 0 Å². The van der Waals surface area contributed by atoms with Gasteiger partial charge in [-0.05, 0) is 75.7 Å². The van der Waals surface area contributed by atoms with Gasteiger partial charge < -0.3 is 9.47 Å². The lowest BCUT2D eigenvalue weighted by molar-refractivity contribution is 1.18. The third kappa shape index (κ3) is 3.93. The Morgan fingerprint density at radius 3 is 1.75 bits per heavy atom. The maximum atomic E-state index is 2.50. The number of hydrogen-bond acceptors (Lipinski definition) is 1. The first-order chi connectivity index (χ1) is 23.8. The number of nitrogens with zero attached hydrogens (tertiary/aromatic N) is 2. The summed E-state index contributed by atoms with van der Waals surface area (Å²) in [7, 11) is 0. The van der Waals surface area contributed by atoms with Crippen LogP contribution in [-0.2, 0) is 0 Å². The second-order valence-electron chi connectivity index (χ2n) is 12.5. The van der Waals surface area contributed by atoms with E-state index in [1.54, 1.807) is 0 Å². The van der Waals surface area contributed by atoms with Crippen LogP contribution in [0.3, 0.4) is 0 Å². The molecular formula is C46H30N2. The van der Waals surface area contributed by atoms with Crippen LogP contribution >= 0.6 is 0 Å². The van der Waals surface area contributed by atoms with Gasteiger partial charge >= 0.3 is 0 Å². The Hall–Kier alpha value is -6.38. The SMILES string of the molecule is c1ccc(-c2cccc(-n3c4ccccc4c4c5c(ccc43)-c3ccc(-c4ccccc4)c4cccc(c34)N5c3ccccc3)c2)cc1. The number of para-hydroxylation sites is 2. The Bertz CT molecular complexity index is 2650. The van der Waals surface area contributed by atoms with Gasteiger partial charge in [-0.15, -0.1) is 0 Å². The summed E-state index contributed by atoms with van der Waals surface area (Å²) in [6.07, 6.45) is 0. The molecule has 0 bridgehead atoms. The van der Waals surface area contributed by atoms with Crippen LogP contribution in [0.5, 0.6) is 0 Å². The van der Waals surface area contributed by atoms with E-state index in [4.69, 9.17) is 0 Å². The number of hydrogen-bond donors (Lipinski definition) is 0. The van der Waals surface area contributed by atoms with E-state index in [1.165, 1.54) is 77.3 Å². The lowest BCUT2D eigenvalue weighted by atomic mass is 9.86. The first-order valence-electron chi connectivity index (χ1n) is 16.5. The summed E-state index contributed by atoms with van der Waals surface area (Å²) >= 11 is 0. The van der Waals surface area contributed by atoms with Crippen LogP contribution in [0.25, 0.3) is 71.6 Å². The molecule has 1 aliphatic rings. The molecule has 224 valence electrons. The Balaban J connectivity index is 1.31. The highest BCUT2D eigenvalue weighted by Crippen LogP contribution is 2.56. The zero-order valence-electron chi connectivity index (χ0n) is 26.2. The fourth-order valence-electron chi connectivity index (χ4n) is 7.86. The van der Waals surface area contributed by atoms with Crippen molar-refractivity contribution in [1.29, 1.82) is 0 Å². The average molecular weight is 611 g/mol. The highest BCUT2D eigenvalue weighted by Gasteiger charge is 2.30. The van der Waals surface area contributed by atoms with Crippen molar-refractivity contribution in [3.05, 3.63) is 182 Å². The molecule has 0 fully saturated rings. The van der Waals surface area contributed by atoms with Crippen molar-refractivity contribution in [3.8, 4) is 39.1 Å². The molecule has 0 saturated heterocycles. The number of fused-ring (bicyclic) bond motifs is 6. The van der Waals surface area contributed by atoms with Gasteiger partial charge in [-0.2, -0.15) is 0 Å². The van der Waals surface area contributed by atoms with Gasteiger partial charge in [0, 0.05) is 33.1 Å². The van der Waals surface area contributed by atoms with Crippen LogP contribution < -0.4 is 4.90 Å². The van der Waals surface area contributed by atoms with Crippen LogP contribution in [0.4, 0.5) is 17.1 Å². The van der Waals surface area contributed by atoms with Gasteiger partial charge in [0.25, 0.3) is 0 Å². The van der Waals surface area contributed by atoms with Crippen molar-refractivity contribution in [2.75, 3.05) is 4.90 Å². The fraction of sp³-hybridized carbons (Fsp3) is 0. The Morgan fingerprint density at radius 2 is 0.938 bits per heavy atom. The number of benzene rings is 8. The van der Waals surface area contributed by atoms with Crippen molar-refractivity contribution in [1.82, 2.24) is 4.57 Å². The summed E-state index contributed by atoms with van der Waals surface area (Å²) in [5.41, 5.74) is 14.5. The summed E-state index contributed by atoms with van der Waals surface area (Å²) in [5.74, 6) is 0. The predicted octanol–water partition coefficient (Wildman–Crippen LogP) is 12.7. The molecule has 0 spiro atoms. The van der Waals surface area contributed by atoms with Crippen LogP contribution in [-0.4, -0.2) is 4.57 Å². The number of rotatable bonds is 4. The molecule has 0 saturated carbocycles. The second kappa shape index (κ2) is 10.6. The lowest BCUT2D eigenvalue weighted by Crippen LogP contribution is -2.15. The second-order valence-corrected chi connectivity index (χ2v) is 12.5. The Morgan fingerprint density at radius 1 is 0.333 bits per heavy atom. The smallest absolute Gasteiger partial charge is 0.0640 e. The van der Waals surface area contributed by atoms with E-state index in [2.05, 4.69) is 191 Å². The highest BCUT2D eigenvalue weighted by molar-refractivity contribution is 6.25. The molecule has 8 aromatic carbocycles. The summed E-state index contributed by atoms with van der Waals surface area (Å²) < 4.78 is 2.44. The van der Waals surface area contributed by atoms with Gasteiger partial charge in [-0.25, -0.2) is 0 Å². The van der Waals surface area contributed by atoms with Crippen molar-refractivity contribution >= 4 is 49.6 Å². The molecule has 48 heavy (non-hydrogen) atoms. The summed E-state index contributed by atoms with van der Waals surface area (Å²) in [6.45, 7) is 0. The van der Waals surface area contributed by atoms with Crippen LogP contribution in [0.2, 0.25) is 0 Å². The van der Waals surface area contributed by atoms with Crippen LogP contribution in [0, 0.1) is 0 Å². The van der Waals surface area contributed by atoms with E-state index in [0.717, 1.165) is 11.4 Å². The monoisotopic (exact) mass is 610 g/mol. The standard InChI is InChI=1S/C46H30N2/c1-4-14-31(15-5-1)33-18-12-21-35(30-33)47-41-24-11-10-22-40(41)45-43(47)29-28-39-38-27-26-36(32-16-6-2-7-17-32)37-23-13-25-42(44(37)38)48(46(39)45)34-19-8-3-9-20-34/h1-30H. The highest BCUT2D eigenvalue weighted by atomic mass is 15.2. The van der Waals surface area contributed by atoms with Crippen molar-refractivity contribution < 1.29 is 0 Å². The van der Waals surface area contributed by atoms with Crippen molar-refractivity contribution in [2.45, 2.75) is 0 Å². The molecule has 2 heteroatoms. The molecule has 0 unspecified atom stereocenters. The van der Waals surface area contributed by atoms with E-state index in [1.807, 2.05) is 0 Å². The topological polar surface area (TPSA) is 8.17 Å². The van der Waals surface area contributed by atoms with Gasteiger partial charge in [0.1, 0.15) is 0 Å². The van der Waals surface area contributed by atoms with E-state index in [-0.39, 0.29) is 0 Å². The molecule has 10 rings (SSSR count). The molecule has 2 heterocycles. The molecule has 0 amide bonds. The summed E-state index contributed by atoms with van der Waals surface area (Å²) in [6, 6.07) is 66.1. The maximum absolute atomic E-state index is 2.50. The molecular weight excluding hydrogens is 581 g/mol.